The highest BCUT2D eigenvalue weighted by Gasteiger charge is 2.59. The van der Waals surface area contributed by atoms with Gasteiger partial charge in [0, 0.05) is 20.8 Å². The van der Waals surface area contributed by atoms with Crippen molar-refractivity contribution in [2.24, 2.45) is 0 Å². The van der Waals surface area contributed by atoms with Crippen molar-refractivity contribution in [2.45, 2.75) is 50.3 Å². The van der Waals surface area contributed by atoms with Gasteiger partial charge in [0.2, 0.25) is 5.79 Å². The van der Waals surface area contributed by atoms with Crippen LogP contribution in [-0.4, -0.2) is 125 Å². The van der Waals surface area contributed by atoms with Crippen molar-refractivity contribution in [3.8, 4) is 0 Å². The quantitative estimate of drug-likeness (QED) is 0.0347. The van der Waals surface area contributed by atoms with Crippen LogP contribution in [0.4, 0.5) is 0 Å². The molecule has 0 aliphatic carbocycles. The van der Waals surface area contributed by atoms with Crippen LogP contribution in [0.2, 0.25) is 0 Å². The lowest BCUT2D eigenvalue weighted by Gasteiger charge is -2.35. The van der Waals surface area contributed by atoms with Crippen LogP contribution < -0.4 is 0 Å². The van der Waals surface area contributed by atoms with Gasteiger partial charge >= 0.3 is 43.6 Å². The van der Waals surface area contributed by atoms with Crippen molar-refractivity contribution in [3.63, 3.8) is 0 Å². The van der Waals surface area contributed by atoms with E-state index in [1.165, 1.54) is 0 Å². The molecule has 0 aromatic carbocycles. The molecule has 0 saturated heterocycles. The topological polar surface area (TPSA) is 381 Å². The number of carbonyl (C=O) groups excluding carboxylic acids is 7. The first kappa shape index (κ1) is 40.3. The number of aliphatic hydroxyl groups excluding tert-OH is 3. The van der Waals surface area contributed by atoms with Crippen LogP contribution in [0.5, 0.6) is 0 Å². The maximum atomic E-state index is 13.6. The summed E-state index contributed by atoms with van der Waals surface area (Å²) in [5.41, 5.74) is 0. The Morgan fingerprint density at radius 1 is 0.568 bits per heavy atom. The third-order valence-corrected chi connectivity index (χ3v) is 5.67. The summed E-state index contributed by atoms with van der Waals surface area (Å²) in [6.45, 7) is -3.52. The number of ketones is 1. The molecule has 8 N–H and O–H groups in total. The molecule has 44 heavy (non-hydrogen) atoms. The second-order valence-electron chi connectivity index (χ2n) is 7.97. The maximum Gasteiger partial charge on any atom is 0.483 e. The van der Waals surface area contributed by atoms with Gasteiger partial charge in [0.05, 0.1) is 6.42 Å². The van der Waals surface area contributed by atoms with Gasteiger partial charge in [-0.2, -0.15) is 0 Å². The van der Waals surface area contributed by atoms with Crippen LogP contribution in [0.15, 0.2) is 0 Å². The molecule has 0 heterocycles. The molecule has 0 bridgehead atoms. The highest BCUT2D eigenvalue weighted by Crippen LogP contribution is 2.58. The lowest BCUT2D eigenvalue weighted by atomic mass is 10.0. The zero-order valence-corrected chi connectivity index (χ0v) is 23.2. The summed E-state index contributed by atoms with van der Waals surface area (Å²) in [7, 11) is -6.58. The van der Waals surface area contributed by atoms with E-state index in [0.29, 0.717) is 6.92 Å². The Hall–Kier alpha value is -3.72. The molecule has 25 nitrogen and oxygen atoms in total. The third-order valence-electron chi connectivity index (χ3n) is 3.99. The number of aliphatic hydroxyl groups is 8. The Bertz CT molecular complexity index is 1110. The minimum absolute atomic E-state index is 0.163. The first-order valence-corrected chi connectivity index (χ1v) is 12.3. The molecule has 0 aliphatic heterocycles. The van der Waals surface area contributed by atoms with Crippen LogP contribution in [0, 0.1) is 0 Å². The van der Waals surface area contributed by atoms with Gasteiger partial charge in [0.25, 0.3) is 17.4 Å². The van der Waals surface area contributed by atoms with Crippen LogP contribution >= 0.6 is 7.82 Å². The van der Waals surface area contributed by atoms with Gasteiger partial charge in [-0.05, 0) is 0 Å². The summed E-state index contributed by atoms with van der Waals surface area (Å²) >= 11 is 0. The van der Waals surface area contributed by atoms with E-state index in [-0.39, 0.29) is 13.8 Å². The highest BCUT2D eigenvalue weighted by atomic mass is 31.2. The highest BCUT2D eigenvalue weighted by molar-refractivity contribution is 7.48. The number of rotatable bonds is 15. The molecule has 0 spiro atoms. The van der Waals surface area contributed by atoms with Crippen molar-refractivity contribution < 1.29 is 122 Å². The van der Waals surface area contributed by atoms with E-state index in [0.717, 1.165) is 0 Å². The average molecular weight is 672 g/mol. The Morgan fingerprint density at radius 3 is 1.18 bits per heavy atom. The van der Waals surface area contributed by atoms with Crippen molar-refractivity contribution in [1.82, 2.24) is 0 Å². The Labute approximate surface area is 242 Å². The lowest BCUT2D eigenvalue weighted by Crippen LogP contribution is -2.53. The van der Waals surface area contributed by atoms with E-state index in [4.69, 9.17) is 15.3 Å². The molecule has 252 valence electrons. The number of carbonyl (C=O) groups is 7. The van der Waals surface area contributed by atoms with E-state index in [2.05, 4.69) is 42.9 Å². The molecule has 0 amide bonds. The van der Waals surface area contributed by atoms with Gasteiger partial charge in [-0.1, -0.05) is 0 Å². The molecular weight excluding hydrogens is 647 g/mol. The van der Waals surface area contributed by atoms with Crippen LogP contribution in [-0.2, 0) is 81.0 Å². The van der Waals surface area contributed by atoms with Crippen molar-refractivity contribution in [2.75, 3.05) is 19.8 Å². The molecular formula is C18H25O25P. The van der Waals surface area contributed by atoms with E-state index < -0.39 is 98.8 Å². The second kappa shape index (κ2) is 15.8. The molecule has 3 unspecified atom stereocenters. The van der Waals surface area contributed by atoms with Gasteiger partial charge < -0.3 is 40.9 Å². The van der Waals surface area contributed by atoms with E-state index in [1.807, 2.05) is 0 Å². The fraction of sp³-hybridized carbons (Fsp3) is 0.611. The predicted molar refractivity (Wildman–Crippen MR) is 117 cm³/mol. The largest absolute Gasteiger partial charge is 0.483 e. The van der Waals surface area contributed by atoms with Crippen LogP contribution in [0.3, 0.4) is 0 Å². The van der Waals surface area contributed by atoms with Crippen molar-refractivity contribution in [3.05, 3.63) is 0 Å². The van der Waals surface area contributed by atoms with Gasteiger partial charge in [0.15, 0.2) is 5.78 Å². The first-order chi connectivity index (χ1) is 19.9. The van der Waals surface area contributed by atoms with Crippen molar-refractivity contribution in [1.29, 1.82) is 0 Å². The molecule has 26 heteroatoms. The van der Waals surface area contributed by atoms with Gasteiger partial charge in [-0.3, -0.25) is 4.79 Å². The summed E-state index contributed by atoms with van der Waals surface area (Å²) < 4.78 is 26.5. The van der Waals surface area contributed by atoms with E-state index in [1.54, 1.807) is 0 Å². The molecule has 0 aliphatic rings. The Kier molecular flexibility index (Phi) is 14.5. The number of phosphoric acid groups is 1. The maximum absolute atomic E-state index is 13.6. The third kappa shape index (κ3) is 12.5. The minimum Gasteiger partial charge on any atom is -0.384 e. The molecule has 0 fully saturated rings. The predicted octanol–water partition coefficient (Wildman–Crippen LogP) is -6.11. The van der Waals surface area contributed by atoms with Crippen molar-refractivity contribution >= 4 is 49.4 Å². The monoisotopic (exact) mass is 672 g/mol. The Balaban J connectivity index is 6.84. The Morgan fingerprint density at radius 2 is 0.886 bits per heavy atom. The summed E-state index contributed by atoms with van der Waals surface area (Å²) in [6, 6.07) is 0. The molecule has 0 aromatic heterocycles. The molecule has 0 aromatic rings. The van der Waals surface area contributed by atoms with Gasteiger partial charge in [-0.25, -0.2) is 76.2 Å². The van der Waals surface area contributed by atoms with E-state index >= 15 is 0 Å². The minimum atomic E-state index is -6.58. The fourth-order valence-electron chi connectivity index (χ4n) is 1.90. The number of hydrogen-bond donors (Lipinski definition) is 8. The summed E-state index contributed by atoms with van der Waals surface area (Å²) in [5.74, 6) is -30.0. The summed E-state index contributed by atoms with van der Waals surface area (Å²) in [4.78, 5) is 104. The van der Waals surface area contributed by atoms with Gasteiger partial charge in [-0.15, -0.1) is 0 Å². The SMILES string of the molecule is CC(=O)C(O)(O)CC(O)(OP(=O)(OC(C)(O)C(=O)OOC(=O)CO)OC(C)(O)C(=O)OOC(=O)CO)C(=O)OOC(=O)CO. The molecule has 0 radical (unpaired) electrons. The number of hydrogen-bond acceptors (Lipinski definition) is 25. The average Bonchev–Trinajstić information content (AvgIpc) is 2.90. The van der Waals surface area contributed by atoms with Crippen LogP contribution in [0.1, 0.15) is 27.2 Å². The fourth-order valence-corrected chi connectivity index (χ4v) is 3.54. The van der Waals surface area contributed by atoms with Gasteiger partial charge in [0.1, 0.15) is 19.8 Å². The smallest absolute Gasteiger partial charge is 0.384 e. The second-order valence-corrected chi connectivity index (χ2v) is 9.42. The molecule has 0 rings (SSSR count). The summed E-state index contributed by atoms with van der Waals surface area (Å²) in [5, 5.41) is 76.9. The zero-order valence-electron chi connectivity index (χ0n) is 22.3. The summed E-state index contributed by atoms with van der Waals surface area (Å²) in [6.07, 6.45) is -2.22. The molecule has 0 saturated carbocycles. The van der Waals surface area contributed by atoms with E-state index in [9.17, 15) is 63.7 Å². The standard InChI is InChI=1S/C18H25O25P/c1-8(22)17(31,32)7-18(33,14(28)40-37-11(25)6-21)43-44(34,41-15(2,29)12(26)38-35-9(23)4-19)42-16(3,30)13(27)39-36-10(24)5-20/h19-21,29-33H,4-7H2,1-3H3. The van der Waals surface area contributed by atoms with Crippen LogP contribution in [0.25, 0.3) is 0 Å². The first-order valence-electron chi connectivity index (χ1n) is 10.8. The normalized spacial score (nSPS) is 16.8. The number of phosphoric ester groups is 1. The number of Topliss-reactive ketones (excluding diaryl/α,β-unsaturated/α-hetero) is 1. The molecule has 3 atom stereocenters. The zero-order chi connectivity index (χ0) is 34.7. The lowest BCUT2D eigenvalue weighted by molar-refractivity contribution is -0.307.